The van der Waals surface area contributed by atoms with E-state index in [2.05, 4.69) is 9.98 Å². The molecule has 1 unspecified atom stereocenters. The maximum Gasteiger partial charge on any atom is 0.286 e. The molecule has 2 rings (SSSR count). The van der Waals surface area contributed by atoms with Crippen LogP contribution in [0.3, 0.4) is 0 Å². The van der Waals surface area contributed by atoms with Gasteiger partial charge in [0.05, 0.1) is 12.5 Å². The highest BCUT2D eigenvalue weighted by Gasteiger charge is 2.27. The van der Waals surface area contributed by atoms with Gasteiger partial charge < -0.3 is 10.6 Å². The molecule has 1 atom stereocenters. The average molecular weight is 320 g/mol. The molecule has 5 nitrogen and oxygen atoms in total. The van der Waals surface area contributed by atoms with Crippen LogP contribution in [-0.4, -0.2) is 31.2 Å². The third kappa shape index (κ3) is 3.61. The molecule has 0 saturated heterocycles. The highest BCUT2D eigenvalue weighted by molar-refractivity contribution is 6.40. The van der Waals surface area contributed by atoms with Crippen LogP contribution in [0.15, 0.2) is 40.3 Å². The number of hydrogen-bond donors (Lipinski definition) is 1. The van der Waals surface area contributed by atoms with E-state index in [1.807, 2.05) is 19.1 Å². The first-order valence-electron chi connectivity index (χ1n) is 7.23. The summed E-state index contributed by atoms with van der Waals surface area (Å²) in [4.78, 5) is 20.7. The van der Waals surface area contributed by atoms with Gasteiger partial charge in [-0.3, -0.25) is 9.79 Å². The van der Waals surface area contributed by atoms with Crippen molar-refractivity contribution in [3.05, 3.63) is 42.0 Å². The SMILES string of the molecule is CC/C=C/C1CN=C(C(N)=O)N=C1N(C)c1c(F)cccc1F. The van der Waals surface area contributed by atoms with E-state index in [4.69, 9.17) is 5.73 Å². The number of primary amides is 1. The van der Waals surface area contributed by atoms with Crippen molar-refractivity contribution in [2.45, 2.75) is 13.3 Å². The van der Waals surface area contributed by atoms with Crippen molar-refractivity contribution in [3.63, 3.8) is 0 Å². The lowest BCUT2D eigenvalue weighted by Crippen LogP contribution is -2.40. The summed E-state index contributed by atoms with van der Waals surface area (Å²) >= 11 is 0. The largest absolute Gasteiger partial charge is 0.363 e. The summed E-state index contributed by atoms with van der Waals surface area (Å²) < 4.78 is 28.0. The predicted molar refractivity (Wildman–Crippen MR) is 86.6 cm³/mol. The molecule has 1 amide bonds. The van der Waals surface area contributed by atoms with Gasteiger partial charge in [0.25, 0.3) is 5.91 Å². The third-order valence-electron chi connectivity index (χ3n) is 3.43. The van der Waals surface area contributed by atoms with Crippen LogP contribution in [0, 0.1) is 17.6 Å². The lowest BCUT2D eigenvalue weighted by molar-refractivity contribution is -0.112. The number of nitrogens with zero attached hydrogens (tertiary/aromatic N) is 3. The number of benzene rings is 1. The Labute approximate surface area is 133 Å². The quantitative estimate of drug-likeness (QED) is 0.865. The number of para-hydroxylation sites is 1. The van der Waals surface area contributed by atoms with Crippen molar-refractivity contribution >= 4 is 23.3 Å². The number of carbonyl (C=O) groups is 1. The van der Waals surface area contributed by atoms with E-state index in [1.165, 1.54) is 18.0 Å². The summed E-state index contributed by atoms with van der Waals surface area (Å²) in [6.07, 6.45) is 4.57. The molecule has 122 valence electrons. The zero-order valence-corrected chi connectivity index (χ0v) is 13.0. The highest BCUT2D eigenvalue weighted by Crippen LogP contribution is 2.25. The molecule has 0 aromatic heterocycles. The lowest BCUT2D eigenvalue weighted by Gasteiger charge is -2.28. The van der Waals surface area contributed by atoms with Crippen molar-refractivity contribution in [1.29, 1.82) is 0 Å². The Morgan fingerprint density at radius 3 is 2.65 bits per heavy atom. The molecule has 0 radical (unpaired) electrons. The molecule has 0 aliphatic carbocycles. The standard InChI is InChI=1S/C16H18F2N4O/c1-3-4-6-10-9-20-15(14(19)23)21-16(10)22(2)13-11(17)7-5-8-12(13)18/h4-8,10H,3,9H2,1-2H3,(H2,19,23)/b6-4+. The van der Waals surface area contributed by atoms with Crippen molar-refractivity contribution in [2.75, 3.05) is 18.5 Å². The molecule has 1 aromatic carbocycles. The van der Waals surface area contributed by atoms with E-state index < -0.39 is 17.5 Å². The third-order valence-corrected chi connectivity index (χ3v) is 3.43. The molecule has 0 fully saturated rings. The fourth-order valence-electron chi connectivity index (χ4n) is 2.32. The summed E-state index contributed by atoms with van der Waals surface area (Å²) in [6.45, 7) is 2.21. The fraction of sp³-hybridized carbons (Fsp3) is 0.312. The van der Waals surface area contributed by atoms with E-state index >= 15 is 0 Å². The lowest BCUT2D eigenvalue weighted by atomic mass is 10.0. The number of aliphatic imine (C=N–C) groups is 2. The van der Waals surface area contributed by atoms with Crippen LogP contribution in [0.2, 0.25) is 0 Å². The van der Waals surface area contributed by atoms with Crippen LogP contribution in [0.5, 0.6) is 0 Å². The number of amides is 1. The molecular formula is C16H18F2N4O. The van der Waals surface area contributed by atoms with Crippen molar-refractivity contribution in [2.24, 2.45) is 21.6 Å². The van der Waals surface area contributed by atoms with E-state index in [0.717, 1.165) is 18.6 Å². The number of amidine groups is 2. The second-order valence-corrected chi connectivity index (χ2v) is 5.07. The Hall–Kier alpha value is -2.57. The van der Waals surface area contributed by atoms with Gasteiger partial charge in [-0.15, -0.1) is 0 Å². The number of allylic oxidation sites excluding steroid dienone is 1. The first-order chi connectivity index (χ1) is 11.0. The zero-order valence-electron chi connectivity index (χ0n) is 13.0. The van der Waals surface area contributed by atoms with Gasteiger partial charge in [0.1, 0.15) is 23.2 Å². The molecule has 7 heteroatoms. The van der Waals surface area contributed by atoms with Gasteiger partial charge >= 0.3 is 0 Å². The monoisotopic (exact) mass is 320 g/mol. The van der Waals surface area contributed by atoms with E-state index in [9.17, 15) is 13.6 Å². The van der Waals surface area contributed by atoms with Gasteiger partial charge in [-0.1, -0.05) is 25.1 Å². The number of anilines is 1. The summed E-state index contributed by atoms with van der Waals surface area (Å²) in [5.74, 6) is -2.31. The van der Waals surface area contributed by atoms with Gasteiger partial charge in [-0.2, -0.15) is 0 Å². The van der Waals surface area contributed by atoms with Crippen molar-refractivity contribution in [3.8, 4) is 0 Å². The first-order valence-corrected chi connectivity index (χ1v) is 7.23. The van der Waals surface area contributed by atoms with Gasteiger partial charge in [-0.05, 0) is 18.6 Å². The molecule has 1 aromatic rings. The molecule has 23 heavy (non-hydrogen) atoms. The Morgan fingerprint density at radius 2 is 2.09 bits per heavy atom. The van der Waals surface area contributed by atoms with Crippen LogP contribution in [-0.2, 0) is 4.79 Å². The minimum Gasteiger partial charge on any atom is -0.363 e. The van der Waals surface area contributed by atoms with E-state index in [0.29, 0.717) is 5.84 Å². The molecule has 0 bridgehead atoms. The Bertz CT molecular complexity index is 677. The van der Waals surface area contributed by atoms with Crippen LogP contribution in [0.4, 0.5) is 14.5 Å². The smallest absolute Gasteiger partial charge is 0.286 e. The second-order valence-electron chi connectivity index (χ2n) is 5.07. The van der Waals surface area contributed by atoms with Gasteiger partial charge in [0.15, 0.2) is 0 Å². The number of nitrogens with two attached hydrogens (primary N) is 1. The van der Waals surface area contributed by atoms with Crippen molar-refractivity contribution in [1.82, 2.24) is 0 Å². The maximum atomic E-state index is 14.0. The van der Waals surface area contributed by atoms with E-state index in [-0.39, 0.29) is 24.0 Å². The first kappa shape index (κ1) is 16.8. The van der Waals surface area contributed by atoms with Crippen molar-refractivity contribution < 1.29 is 13.6 Å². The Kier molecular flexibility index (Phi) is 5.20. The molecular weight excluding hydrogens is 302 g/mol. The summed E-state index contributed by atoms with van der Waals surface area (Å²) in [6, 6.07) is 3.62. The summed E-state index contributed by atoms with van der Waals surface area (Å²) in [7, 11) is 1.50. The number of hydrogen-bond acceptors (Lipinski definition) is 4. The fourth-order valence-corrected chi connectivity index (χ4v) is 2.32. The molecule has 0 saturated carbocycles. The van der Waals surface area contributed by atoms with E-state index in [1.54, 1.807) is 0 Å². The Morgan fingerprint density at radius 1 is 1.43 bits per heavy atom. The highest BCUT2D eigenvalue weighted by atomic mass is 19.1. The topological polar surface area (TPSA) is 71.0 Å². The van der Waals surface area contributed by atoms with Crippen LogP contribution in [0.25, 0.3) is 0 Å². The molecule has 1 aliphatic rings. The van der Waals surface area contributed by atoms with Gasteiger partial charge in [-0.25, -0.2) is 13.8 Å². The number of rotatable bonds is 4. The zero-order chi connectivity index (χ0) is 17.0. The van der Waals surface area contributed by atoms with Gasteiger partial charge in [0.2, 0.25) is 5.84 Å². The van der Waals surface area contributed by atoms with Crippen LogP contribution in [0.1, 0.15) is 13.3 Å². The summed E-state index contributed by atoms with van der Waals surface area (Å²) in [5, 5.41) is 0. The Balaban J connectivity index is 2.47. The van der Waals surface area contributed by atoms with Gasteiger partial charge in [0, 0.05) is 7.05 Å². The summed E-state index contributed by atoms with van der Waals surface area (Å²) in [5.41, 5.74) is 4.98. The molecule has 1 aliphatic heterocycles. The second kappa shape index (κ2) is 7.13. The molecule has 2 N–H and O–H groups in total. The molecule has 1 heterocycles. The van der Waals surface area contributed by atoms with Crippen LogP contribution >= 0.6 is 0 Å². The minimum atomic E-state index is -0.775. The number of carbonyl (C=O) groups excluding carboxylic acids is 1. The van der Waals surface area contributed by atoms with Crippen LogP contribution < -0.4 is 10.6 Å². The maximum absolute atomic E-state index is 14.0. The predicted octanol–water partition coefficient (Wildman–Crippen LogP) is 2.28. The molecule has 0 spiro atoms. The minimum absolute atomic E-state index is 0.148. The normalized spacial score (nSPS) is 17.8. The number of halogens is 2. The average Bonchev–Trinajstić information content (AvgIpc) is 2.52.